The van der Waals surface area contributed by atoms with E-state index in [1.54, 1.807) is 19.5 Å². The molecule has 0 aliphatic rings. The van der Waals surface area contributed by atoms with Crippen LogP contribution in [0.15, 0.2) is 18.5 Å². The van der Waals surface area contributed by atoms with Crippen molar-refractivity contribution in [2.75, 3.05) is 25.6 Å². The Labute approximate surface area is 94.8 Å². The monoisotopic (exact) mass is 229 g/mol. The number of hydrogen-bond acceptors (Lipinski definition) is 4. The lowest BCUT2D eigenvalue weighted by atomic mass is 10.2. The third-order valence-electron chi connectivity index (χ3n) is 1.98. The van der Waals surface area contributed by atoms with Crippen molar-refractivity contribution < 1.29 is 4.74 Å². The molecule has 1 aromatic heterocycles. The second-order valence-electron chi connectivity index (χ2n) is 3.29. The molecule has 0 radical (unpaired) electrons. The largest absolute Gasteiger partial charge is 0.384 e. The summed E-state index contributed by atoms with van der Waals surface area (Å²) in [5, 5.41) is 3.82. The highest BCUT2D eigenvalue weighted by Gasteiger charge is 2.02. The zero-order valence-electron chi connectivity index (χ0n) is 8.74. The van der Waals surface area contributed by atoms with Crippen LogP contribution in [0.2, 0.25) is 5.02 Å². The third-order valence-corrected chi connectivity index (χ3v) is 2.28. The Kier molecular flexibility index (Phi) is 5.39. The first-order valence-corrected chi connectivity index (χ1v) is 5.19. The summed E-state index contributed by atoms with van der Waals surface area (Å²) in [7, 11) is 1.65. The fourth-order valence-corrected chi connectivity index (χ4v) is 1.39. The van der Waals surface area contributed by atoms with Gasteiger partial charge in [0.15, 0.2) is 0 Å². The van der Waals surface area contributed by atoms with E-state index in [2.05, 4.69) is 10.3 Å². The first kappa shape index (κ1) is 12.2. The molecule has 0 fully saturated rings. The van der Waals surface area contributed by atoms with Crippen molar-refractivity contribution in [2.24, 2.45) is 5.73 Å². The number of hydrogen-bond donors (Lipinski definition) is 2. The lowest BCUT2D eigenvalue weighted by Crippen LogP contribution is -2.28. The maximum Gasteiger partial charge on any atom is 0.0820 e. The predicted molar refractivity (Wildman–Crippen MR) is 62.2 cm³/mol. The van der Waals surface area contributed by atoms with Crippen molar-refractivity contribution in [3.05, 3.63) is 23.5 Å². The summed E-state index contributed by atoms with van der Waals surface area (Å²) in [6.45, 7) is 1.35. The highest BCUT2D eigenvalue weighted by molar-refractivity contribution is 6.33. The van der Waals surface area contributed by atoms with Crippen LogP contribution >= 0.6 is 11.6 Å². The molecule has 0 saturated heterocycles. The molecule has 1 heterocycles. The summed E-state index contributed by atoms with van der Waals surface area (Å²) in [4.78, 5) is 3.90. The maximum atomic E-state index is 5.92. The van der Waals surface area contributed by atoms with Gasteiger partial charge in [0, 0.05) is 32.1 Å². The van der Waals surface area contributed by atoms with Gasteiger partial charge in [-0.15, -0.1) is 0 Å². The molecular weight excluding hydrogens is 214 g/mol. The molecule has 0 bridgehead atoms. The van der Waals surface area contributed by atoms with E-state index in [9.17, 15) is 0 Å². The van der Waals surface area contributed by atoms with Crippen LogP contribution < -0.4 is 11.1 Å². The predicted octanol–water partition coefficient (Wildman–Crippen LogP) is 1.51. The van der Waals surface area contributed by atoms with E-state index >= 15 is 0 Å². The van der Waals surface area contributed by atoms with Gasteiger partial charge >= 0.3 is 0 Å². The third kappa shape index (κ3) is 4.46. The van der Waals surface area contributed by atoms with Crippen molar-refractivity contribution >= 4 is 17.3 Å². The van der Waals surface area contributed by atoms with Crippen LogP contribution in [0, 0.1) is 0 Å². The number of rotatable bonds is 6. The number of nitrogens with zero attached hydrogens (tertiary/aromatic N) is 1. The minimum absolute atomic E-state index is 0.0584. The van der Waals surface area contributed by atoms with Crippen LogP contribution in [0.5, 0.6) is 0 Å². The first-order valence-electron chi connectivity index (χ1n) is 4.82. The van der Waals surface area contributed by atoms with E-state index in [4.69, 9.17) is 22.1 Å². The number of aromatic nitrogens is 1. The van der Waals surface area contributed by atoms with Crippen LogP contribution in [0.25, 0.3) is 0 Å². The Hall–Kier alpha value is -0.840. The zero-order chi connectivity index (χ0) is 11.1. The minimum atomic E-state index is 0.0584. The fraction of sp³-hybridized carbons (Fsp3) is 0.500. The molecule has 1 rings (SSSR count). The van der Waals surface area contributed by atoms with E-state index < -0.39 is 0 Å². The van der Waals surface area contributed by atoms with Gasteiger partial charge in [0.05, 0.1) is 17.3 Å². The number of pyridine rings is 1. The number of halogens is 1. The molecule has 84 valence electrons. The van der Waals surface area contributed by atoms with Gasteiger partial charge in [-0.25, -0.2) is 0 Å². The maximum absolute atomic E-state index is 5.92. The molecule has 1 aromatic rings. The summed E-state index contributed by atoms with van der Waals surface area (Å²) in [5.41, 5.74) is 6.66. The summed E-state index contributed by atoms with van der Waals surface area (Å²) in [6.07, 6.45) is 4.15. The molecule has 1 unspecified atom stereocenters. The Morgan fingerprint density at radius 3 is 3.13 bits per heavy atom. The van der Waals surface area contributed by atoms with E-state index in [-0.39, 0.29) is 6.04 Å². The molecule has 15 heavy (non-hydrogen) atoms. The highest BCUT2D eigenvalue weighted by atomic mass is 35.5. The Bertz CT molecular complexity index is 296. The van der Waals surface area contributed by atoms with Gasteiger partial charge in [0.2, 0.25) is 0 Å². The first-order chi connectivity index (χ1) is 7.24. The molecule has 4 nitrogen and oxygen atoms in total. The Morgan fingerprint density at radius 1 is 1.67 bits per heavy atom. The smallest absolute Gasteiger partial charge is 0.0820 e. The molecule has 1 atom stereocenters. The van der Waals surface area contributed by atoms with Crippen LogP contribution in [0.4, 0.5) is 5.69 Å². The van der Waals surface area contributed by atoms with Gasteiger partial charge in [-0.1, -0.05) is 11.6 Å². The van der Waals surface area contributed by atoms with Crippen molar-refractivity contribution in [2.45, 2.75) is 12.5 Å². The molecule has 0 aliphatic heterocycles. The fourth-order valence-electron chi connectivity index (χ4n) is 1.21. The van der Waals surface area contributed by atoms with E-state index in [0.717, 1.165) is 18.7 Å². The van der Waals surface area contributed by atoms with Crippen molar-refractivity contribution in [3.63, 3.8) is 0 Å². The lowest BCUT2D eigenvalue weighted by Gasteiger charge is -2.12. The van der Waals surface area contributed by atoms with E-state index in [1.807, 2.05) is 6.07 Å². The Morgan fingerprint density at radius 2 is 2.47 bits per heavy atom. The number of ether oxygens (including phenoxy) is 1. The molecule has 0 saturated carbocycles. The van der Waals surface area contributed by atoms with E-state index in [0.29, 0.717) is 11.6 Å². The zero-order valence-corrected chi connectivity index (χ0v) is 9.50. The highest BCUT2D eigenvalue weighted by Crippen LogP contribution is 2.18. The van der Waals surface area contributed by atoms with Crippen LogP contribution in [-0.2, 0) is 4.74 Å². The standard InChI is InChI=1S/C10H16ClN3O/c1-15-7-8(12)2-5-14-10-3-4-13-6-9(10)11/h3-4,6,8H,2,5,7,12H2,1H3,(H,13,14). The van der Waals surface area contributed by atoms with E-state index in [1.165, 1.54) is 0 Å². The number of methoxy groups -OCH3 is 1. The molecule has 0 aromatic carbocycles. The summed E-state index contributed by atoms with van der Waals surface area (Å²) in [5.74, 6) is 0. The molecule has 3 N–H and O–H groups in total. The quantitative estimate of drug-likeness (QED) is 0.777. The molecule has 0 amide bonds. The van der Waals surface area contributed by atoms with Gasteiger partial charge in [-0.3, -0.25) is 4.98 Å². The molecular formula is C10H16ClN3O. The van der Waals surface area contributed by atoms with Crippen molar-refractivity contribution in [1.29, 1.82) is 0 Å². The van der Waals surface area contributed by atoms with Gasteiger partial charge in [0.1, 0.15) is 0 Å². The van der Waals surface area contributed by atoms with Gasteiger partial charge < -0.3 is 15.8 Å². The second-order valence-corrected chi connectivity index (χ2v) is 3.69. The number of nitrogens with one attached hydrogen (secondary N) is 1. The van der Waals surface area contributed by atoms with Crippen molar-refractivity contribution in [1.82, 2.24) is 4.98 Å². The van der Waals surface area contributed by atoms with Crippen molar-refractivity contribution in [3.8, 4) is 0 Å². The number of nitrogens with two attached hydrogens (primary N) is 1. The molecule has 5 heteroatoms. The van der Waals surface area contributed by atoms with Crippen LogP contribution in [0.1, 0.15) is 6.42 Å². The minimum Gasteiger partial charge on any atom is -0.384 e. The summed E-state index contributed by atoms with van der Waals surface area (Å²) >= 11 is 5.92. The average Bonchev–Trinajstić information content (AvgIpc) is 2.21. The topological polar surface area (TPSA) is 60.2 Å². The van der Waals surface area contributed by atoms with Gasteiger partial charge in [-0.2, -0.15) is 0 Å². The normalized spacial score (nSPS) is 12.5. The van der Waals surface area contributed by atoms with Gasteiger partial charge in [0.25, 0.3) is 0 Å². The SMILES string of the molecule is COCC(N)CCNc1ccncc1Cl. The average molecular weight is 230 g/mol. The Balaban J connectivity index is 2.29. The van der Waals surface area contributed by atoms with Crippen LogP contribution in [0.3, 0.4) is 0 Å². The lowest BCUT2D eigenvalue weighted by molar-refractivity contribution is 0.178. The molecule has 0 aliphatic carbocycles. The summed E-state index contributed by atoms with van der Waals surface area (Å²) < 4.78 is 4.94. The van der Waals surface area contributed by atoms with Crippen LogP contribution in [-0.4, -0.2) is 31.3 Å². The van der Waals surface area contributed by atoms with Gasteiger partial charge in [-0.05, 0) is 12.5 Å². The second kappa shape index (κ2) is 6.61. The summed E-state index contributed by atoms with van der Waals surface area (Å²) in [6, 6.07) is 1.90. The molecule has 0 spiro atoms. The number of anilines is 1.